The number of rotatable bonds is 7. The Morgan fingerprint density at radius 3 is 2.48 bits per heavy atom. The van der Waals surface area contributed by atoms with Crippen LogP contribution < -0.4 is 10.1 Å². The molecule has 0 aliphatic heterocycles. The Kier molecular flexibility index (Phi) is 6.11. The van der Waals surface area contributed by atoms with Crippen LogP contribution in [0.5, 0.6) is 5.75 Å². The van der Waals surface area contributed by atoms with Gasteiger partial charge >= 0.3 is 5.97 Å². The molecule has 0 aliphatic carbocycles. The highest BCUT2D eigenvalue weighted by Crippen LogP contribution is 2.14. The molecule has 2 N–H and O–H groups in total. The summed E-state index contributed by atoms with van der Waals surface area (Å²) in [4.78, 5) is 23.4. The van der Waals surface area contributed by atoms with Crippen LogP contribution in [-0.2, 0) is 16.0 Å². The summed E-state index contributed by atoms with van der Waals surface area (Å²) in [6.07, 6.45) is -1.09. The van der Waals surface area contributed by atoms with Gasteiger partial charge in [0, 0.05) is 0 Å². The number of aryl methyl sites for hydroxylation is 2. The number of hydrogen-bond acceptors (Lipinski definition) is 3. The number of carboxylic acid groups (broad SMARTS) is 1. The van der Waals surface area contributed by atoms with Gasteiger partial charge in [0.05, 0.1) is 13.0 Å². The lowest BCUT2D eigenvalue weighted by atomic mass is 10.0. The van der Waals surface area contributed by atoms with Crippen molar-refractivity contribution in [3.05, 3.63) is 65.0 Å². The van der Waals surface area contributed by atoms with Crippen LogP contribution in [0.2, 0.25) is 0 Å². The third kappa shape index (κ3) is 5.60. The summed E-state index contributed by atoms with van der Waals surface area (Å²) in [5, 5.41) is 11.8. The van der Waals surface area contributed by atoms with E-state index >= 15 is 0 Å². The fraction of sp³-hybridized carbons (Fsp3) is 0.263. The Labute approximate surface area is 145 Å². The second-order valence-electron chi connectivity index (χ2n) is 5.81. The predicted octanol–water partition coefficient (Wildman–Crippen LogP) is 2.63. The minimum Gasteiger partial charge on any atom is -0.478 e. The molecule has 0 saturated heterocycles. The lowest BCUT2D eigenvalue weighted by Gasteiger charge is -2.16. The second kappa shape index (κ2) is 8.28. The molecule has 1 atom stereocenters. The zero-order valence-electron chi connectivity index (χ0n) is 14.1. The van der Waals surface area contributed by atoms with Crippen molar-refractivity contribution < 1.29 is 23.8 Å². The third-order valence-electron chi connectivity index (χ3n) is 3.71. The largest absolute Gasteiger partial charge is 0.478 e. The van der Waals surface area contributed by atoms with E-state index < -0.39 is 17.9 Å². The maximum atomic E-state index is 12.9. The maximum absolute atomic E-state index is 12.9. The average Bonchev–Trinajstić information content (AvgIpc) is 2.56. The first kappa shape index (κ1) is 18.4. The fourth-order valence-corrected chi connectivity index (χ4v) is 2.29. The summed E-state index contributed by atoms with van der Waals surface area (Å²) >= 11 is 0. The Balaban J connectivity index is 1.93. The Morgan fingerprint density at radius 2 is 1.84 bits per heavy atom. The number of carboxylic acids is 1. The maximum Gasteiger partial charge on any atom is 0.346 e. The molecule has 2 rings (SSSR count). The number of halogens is 1. The first-order valence-corrected chi connectivity index (χ1v) is 7.83. The second-order valence-corrected chi connectivity index (χ2v) is 5.81. The summed E-state index contributed by atoms with van der Waals surface area (Å²) in [5.74, 6) is -1.72. The zero-order chi connectivity index (χ0) is 18.4. The molecule has 1 unspecified atom stereocenters. The van der Waals surface area contributed by atoms with Crippen LogP contribution in [0.25, 0.3) is 0 Å². The monoisotopic (exact) mass is 345 g/mol. The van der Waals surface area contributed by atoms with E-state index in [2.05, 4.69) is 5.32 Å². The normalized spacial score (nSPS) is 11.6. The number of benzene rings is 2. The van der Waals surface area contributed by atoms with Crippen molar-refractivity contribution in [2.24, 2.45) is 0 Å². The van der Waals surface area contributed by atoms with Gasteiger partial charge in [0.2, 0.25) is 12.0 Å². The van der Waals surface area contributed by atoms with Crippen LogP contribution in [0.1, 0.15) is 16.7 Å². The van der Waals surface area contributed by atoms with E-state index in [1.54, 1.807) is 0 Å². The van der Waals surface area contributed by atoms with Gasteiger partial charge in [-0.15, -0.1) is 0 Å². The summed E-state index contributed by atoms with van der Waals surface area (Å²) in [7, 11) is 0. The standard InChI is InChI=1S/C19H20FNO4/c1-12-3-4-13(2)14(9-12)10-18(22)21-11-17(19(23)24)25-16-7-5-15(20)6-8-16/h3-9,17H,10-11H2,1-2H3,(H,21,22)(H,23,24). The van der Waals surface area contributed by atoms with Gasteiger partial charge in [0.15, 0.2) is 0 Å². The van der Waals surface area contributed by atoms with Crippen molar-refractivity contribution in [1.82, 2.24) is 5.32 Å². The number of hydrogen-bond donors (Lipinski definition) is 2. The molecule has 5 nitrogen and oxygen atoms in total. The molecule has 0 spiro atoms. The fourth-order valence-electron chi connectivity index (χ4n) is 2.29. The molecule has 0 aliphatic rings. The van der Waals surface area contributed by atoms with Crippen molar-refractivity contribution >= 4 is 11.9 Å². The number of nitrogens with one attached hydrogen (secondary N) is 1. The number of ether oxygens (including phenoxy) is 1. The SMILES string of the molecule is Cc1ccc(C)c(CC(=O)NCC(Oc2ccc(F)cc2)C(=O)O)c1. The molecule has 1 amide bonds. The van der Waals surface area contributed by atoms with Crippen LogP contribution in [0.15, 0.2) is 42.5 Å². The summed E-state index contributed by atoms with van der Waals surface area (Å²) in [6, 6.07) is 10.9. The Bertz CT molecular complexity index is 759. The molecule has 0 fully saturated rings. The highest BCUT2D eigenvalue weighted by atomic mass is 19.1. The van der Waals surface area contributed by atoms with Crippen LogP contribution in [0, 0.1) is 19.7 Å². The van der Waals surface area contributed by atoms with E-state index in [9.17, 15) is 19.1 Å². The van der Waals surface area contributed by atoms with E-state index in [0.29, 0.717) is 0 Å². The molecule has 0 heterocycles. The Morgan fingerprint density at radius 1 is 1.16 bits per heavy atom. The molecule has 0 radical (unpaired) electrons. The van der Waals surface area contributed by atoms with E-state index in [4.69, 9.17) is 4.74 Å². The Hall–Kier alpha value is -2.89. The number of carbonyl (C=O) groups excluding carboxylic acids is 1. The van der Waals surface area contributed by atoms with Gasteiger partial charge in [-0.3, -0.25) is 4.79 Å². The minimum absolute atomic E-state index is 0.163. The lowest BCUT2D eigenvalue weighted by Crippen LogP contribution is -2.40. The van der Waals surface area contributed by atoms with Crippen LogP contribution in [0.3, 0.4) is 0 Å². The average molecular weight is 345 g/mol. The molecule has 6 heteroatoms. The van der Waals surface area contributed by atoms with Gasteiger partial charge in [-0.05, 0) is 49.2 Å². The molecular formula is C19H20FNO4. The molecule has 132 valence electrons. The molecule has 0 saturated carbocycles. The van der Waals surface area contributed by atoms with E-state index in [1.807, 2.05) is 32.0 Å². The topological polar surface area (TPSA) is 75.6 Å². The van der Waals surface area contributed by atoms with Gasteiger partial charge in [-0.1, -0.05) is 23.8 Å². The number of amides is 1. The molecule has 25 heavy (non-hydrogen) atoms. The minimum atomic E-state index is -1.26. The van der Waals surface area contributed by atoms with E-state index in [0.717, 1.165) is 16.7 Å². The van der Waals surface area contributed by atoms with Crippen molar-refractivity contribution in [2.45, 2.75) is 26.4 Å². The van der Waals surface area contributed by atoms with Gasteiger partial charge in [0.1, 0.15) is 11.6 Å². The third-order valence-corrected chi connectivity index (χ3v) is 3.71. The summed E-state index contributed by atoms with van der Waals surface area (Å²) < 4.78 is 18.2. The molecule has 2 aromatic rings. The first-order chi connectivity index (χ1) is 11.8. The van der Waals surface area contributed by atoms with Gasteiger partial charge < -0.3 is 15.2 Å². The molecule has 2 aromatic carbocycles. The predicted molar refractivity (Wildman–Crippen MR) is 91.1 cm³/mol. The van der Waals surface area contributed by atoms with Crippen LogP contribution >= 0.6 is 0 Å². The van der Waals surface area contributed by atoms with Crippen LogP contribution in [-0.4, -0.2) is 29.6 Å². The van der Waals surface area contributed by atoms with Gasteiger partial charge in [-0.2, -0.15) is 0 Å². The number of aliphatic carboxylic acids is 1. The summed E-state index contributed by atoms with van der Waals surface area (Å²) in [5.41, 5.74) is 2.94. The van der Waals surface area contributed by atoms with Crippen molar-refractivity contribution in [3.8, 4) is 5.75 Å². The number of carbonyl (C=O) groups is 2. The summed E-state index contributed by atoms with van der Waals surface area (Å²) in [6.45, 7) is 3.67. The lowest BCUT2D eigenvalue weighted by molar-refractivity contribution is -0.145. The molecule has 0 bridgehead atoms. The van der Waals surface area contributed by atoms with Crippen molar-refractivity contribution in [1.29, 1.82) is 0 Å². The van der Waals surface area contributed by atoms with E-state index in [-0.39, 0.29) is 24.6 Å². The van der Waals surface area contributed by atoms with Crippen molar-refractivity contribution in [3.63, 3.8) is 0 Å². The van der Waals surface area contributed by atoms with Gasteiger partial charge in [0.25, 0.3) is 0 Å². The smallest absolute Gasteiger partial charge is 0.346 e. The molecular weight excluding hydrogens is 325 g/mol. The molecule has 0 aromatic heterocycles. The highest BCUT2D eigenvalue weighted by Gasteiger charge is 2.20. The van der Waals surface area contributed by atoms with E-state index in [1.165, 1.54) is 24.3 Å². The van der Waals surface area contributed by atoms with Crippen molar-refractivity contribution in [2.75, 3.05) is 6.54 Å². The van der Waals surface area contributed by atoms with Gasteiger partial charge in [-0.25, -0.2) is 9.18 Å². The first-order valence-electron chi connectivity index (χ1n) is 7.83. The quantitative estimate of drug-likeness (QED) is 0.809. The van der Waals surface area contributed by atoms with Crippen LogP contribution in [0.4, 0.5) is 4.39 Å². The zero-order valence-corrected chi connectivity index (χ0v) is 14.1. The highest BCUT2D eigenvalue weighted by molar-refractivity contribution is 5.80.